The van der Waals surface area contributed by atoms with Gasteiger partial charge in [0.1, 0.15) is 0 Å². The summed E-state index contributed by atoms with van der Waals surface area (Å²) in [6.07, 6.45) is 2.53. The van der Waals surface area contributed by atoms with Gasteiger partial charge in [-0.3, -0.25) is 0 Å². The third-order valence-electron chi connectivity index (χ3n) is 4.89. The fraction of sp³-hybridized carbons (Fsp3) is 0.824. The fourth-order valence-electron chi connectivity index (χ4n) is 4.26. The Kier molecular flexibility index (Phi) is 4.95. The summed E-state index contributed by atoms with van der Waals surface area (Å²) in [6, 6.07) is 0. The predicted molar refractivity (Wildman–Crippen MR) is 95.2 cm³/mol. The second-order valence-electron chi connectivity index (χ2n) is 7.91. The molecule has 6 heteroatoms. The molecule has 0 N–H and O–H groups in total. The summed E-state index contributed by atoms with van der Waals surface area (Å²) in [7, 11) is 0. The van der Waals surface area contributed by atoms with Crippen molar-refractivity contribution in [1.29, 1.82) is 0 Å². The largest absolute Gasteiger partial charge is 0.340 e. The lowest BCUT2D eigenvalue weighted by Gasteiger charge is -2.37. The molecular formula is C17H28ClN5. The van der Waals surface area contributed by atoms with Crippen LogP contribution in [-0.2, 0) is 0 Å². The van der Waals surface area contributed by atoms with Crippen LogP contribution in [0.5, 0.6) is 0 Å². The first-order valence-corrected chi connectivity index (χ1v) is 9.20. The molecule has 128 valence electrons. The first-order valence-electron chi connectivity index (χ1n) is 8.82. The number of hydrogen-bond donors (Lipinski definition) is 0. The van der Waals surface area contributed by atoms with Gasteiger partial charge in [0.25, 0.3) is 0 Å². The van der Waals surface area contributed by atoms with Gasteiger partial charge >= 0.3 is 0 Å². The van der Waals surface area contributed by atoms with Crippen molar-refractivity contribution in [3.63, 3.8) is 0 Å². The zero-order valence-corrected chi connectivity index (χ0v) is 15.4. The molecule has 3 heterocycles. The number of rotatable bonds is 2. The molecule has 23 heavy (non-hydrogen) atoms. The molecule has 4 unspecified atom stereocenters. The molecule has 1 aromatic heterocycles. The topological polar surface area (TPSA) is 45.2 Å². The van der Waals surface area contributed by atoms with E-state index in [1.54, 1.807) is 0 Å². The van der Waals surface area contributed by atoms with Crippen LogP contribution in [0.2, 0.25) is 5.28 Å². The van der Waals surface area contributed by atoms with E-state index in [1.807, 2.05) is 0 Å². The van der Waals surface area contributed by atoms with E-state index < -0.39 is 0 Å². The van der Waals surface area contributed by atoms with Crippen LogP contribution in [0.3, 0.4) is 0 Å². The number of halogens is 1. The van der Waals surface area contributed by atoms with Crippen molar-refractivity contribution in [3.8, 4) is 0 Å². The molecule has 5 nitrogen and oxygen atoms in total. The summed E-state index contributed by atoms with van der Waals surface area (Å²) in [6.45, 7) is 13.2. The Morgan fingerprint density at radius 1 is 0.696 bits per heavy atom. The molecule has 4 atom stereocenters. The van der Waals surface area contributed by atoms with Crippen molar-refractivity contribution in [2.24, 2.45) is 23.7 Å². The van der Waals surface area contributed by atoms with E-state index in [1.165, 1.54) is 12.8 Å². The number of aromatic nitrogens is 3. The van der Waals surface area contributed by atoms with Crippen LogP contribution in [0.25, 0.3) is 0 Å². The highest BCUT2D eigenvalue weighted by Gasteiger charge is 2.27. The third-order valence-corrected chi connectivity index (χ3v) is 5.06. The first-order chi connectivity index (χ1) is 10.9. The van der Waals surface area contributed by atoms with E-state index in [2.05, 4.69) is 47.5 Å². The Bertz CT molecular complexity index is 488. The van der Waals surface area contributed by atoms with E-state index in [4.69, 9.17) is 16.6 Å². The Labute approximate surface area is 144 Å². The van der Waals surface area contributed by atoms with Gasteiger partial charge in [0.2, 0.25) is 17.2 Å². The molecule has 0 bridgehead atoms. The van der Waals surface area contributed by atoms with Gasteiger partial charge in [0, 0.05) is 26.2 Å². The summed E-state index contributed by atoms with van der Waals surface area (Å²) >= 11 is 6.22. The minimum atomic E-state index is 0.307. The van der Waals surface area contributed by atoms with E-state index in [9.17, 15) is 0 Å². The van der Waals surface area contributed by atoms with Gasteiger partial charge < -0.3 is 9.80 Å². The van der Waals surface area contributed by atoms with E-state index in [0.717, 1.165) is 38.1 Å². The zero-order chi connectivity index (χ0) is 16.6. The van der Waals surface area contributed by atoms with Gasteiger partial charge in [-0.2, -0.15) is 15.0 Å². The van der Waals surface area contributed by atoms with Crippen molar-refractivity contribution >= 4 is 23.5 Å². The lowest BCUT2D eigenvalue weighted by atomic mass is 9.92. The van der Waals surface area contributed by atoms with E-state index >= 15 is 0 Å². The molecule has 0 amide bonds. The van der Waals surface area contributed by atoms with Crippen molar-refractivity contribution in [2.75, 3.05) is 36.0 Å². The SMILES string of the molecule is CC1CC(C)CN(c2nc(Cl)nc(N3CC(C)CC(C)C3)n2)C1. The molecule has 2 aliphatic heterocycles. The molecule has 0 aliphatic carbocycles. The smallest absolute Gasteiger partial charge is 0.231 e. The van der Waals surface area contributed by atoms with Crippen molar-refractivity contribution in [3.05, 3.63) is 5.28 Å². The van der Waals surface area contributed by atoms with Gasteiger partial charge in [0.05, 0.1) is 0 Å². The highest BCUT2D eigenvalue weighted by Crippen LogP contribution is 2.28. The van der Waals surface area contributed by atoms with Gasteiger partial charge in [-0.15, -0.1) is 0 Å². The Balaban J connectivity index is 1.84. The van der Waals surface area contributed by atoms with Crippen LogP contribution in [0.4, 0.5) is 11.9 Å². The summed E-state index contributed by atoms with van der Waals surface area (Å²) in [4.78, 5) is 18.1. The van der Waals surface area contributed by atoms with Gasteiger partial charge in [-0.1, -0.05) is 27.7 Å². The van der Waals surface area contributed by atoms with Gasteiger partial charge in [-0.05, 0) is 48.1 Å². The standard InChI is InChI=1S/C17H28ClN5/c1-11-5-12(2)8-22(7-11)16-19-15(18)20-17(21-16)23-9-13(3)6-14(4)10-23/h11-14H,5-10H2,1-4H3. The van der Waals surface area contributed by atoms with Crippen LogP contribution in [0.15, 0.2) is 0 Å². The maximum atomic E-state index is 6.22. The normalized spacial score (nSPS) is 32.2. The Morgan fingerprint density at radius 2 is 1.04 bits per heavy atom. The van der Waals surface area contributed by atoms with Crippen molar-refractivity contribution in [1.82, 2.24) is 15.0 Å². The summed E-state index contributed by atoms with van der Waals surface area (Å²) in [5, 5.41) is 0.307. The molecule has 2 aliphatic rings. The average molecular weight is 338 g/mol. The van der Waals surface area contributed by atoms with Gasteiger partial charge in [-0.25, -0.2) is 0 Å². The van der Waals surface area contributed by atoms with Crippen LogP contribution < -0.4 is 9.80 Å². The summed E-state index contributed by atoms with van der Waals surface area (Å²) in [5.74, 6) is 4.12. The van der Waals surface area contributed by atoms with E-state index in [-0.39, 0.29) is 0 Å². The minimum absolute atomic E-state index is 0.307. The molecule has 3 rings (SSSR count). The Hall–Kier alpha value is -1.10. The molecule has 0 aromatic carbocycles. The van der Waals surface area contributed by atoms with Crippen molar-refractivity contribution < 1.29 is 0 Å². The zero-order valence-electron chi connectivity index (χ0n) is 14.7. The van der Waals surface area contributed by atoms with Crippen LogP contribution in [0.1, 0.15) is 40.5 Å². The third kappa shape index (κ3) is 4.06. The second-order valence-corrected chi connectivity index (χ2v) is 8.24. The monoisotopic (exact) mass is 337 g/mol. The summed E-state index contributed by atoms with van der Waals surface area (Å²) < 4.78 is 0. The minimum Gasteiger partial charge on any atom is -0.340 e. The van der Waals surface area contributed by atoms with Crippen LogP contribution in [-0.4, -0.2) is 41.1 Å². The molecule has 2 fully saturated rings. The molecule has 0 spiro atoms. The van der Waals surface area contributed by atoms with Crippen LogP contribution >= 0.6 is 11.6 Å². The maximum Gasteiger partial charge on any atom is 0.231 e. The number of hydrogen-bond acceptors (Lipinski definition) is 5. The molecule has 0 radical (unpaired) electrons. The predicted octanol–water partition coefficient (Wildman–Crippen LogP) is 3.49. The molecular weight excluding hydrogens is 310 g/mol. The lowest BCUT2D eigenvalue weighted by molar-refractivity contribution is 0.349. The van der Waals surface area contributed by atoms with E-state index in [0.29, 0.717) is 29.0 Å². The quantitative estimate of drug-likeness (QED) is 0.826. The summed E-state index contributed by atoms with van der Waals surface area (Å²) in [5.41, 5.74) is 0. The molecule has 1 aromatic rings. The molecule has 2 saturated heterocycles. The molecule has 0 saturated carbocycles. The fourth-order valence-corrected chi connectivity index (χ4v) is 4.42. The van der Waals surface area contributed by atoms with Crippen molar-refractivity contribution in [2.45, 2.75) is 40.5 Å². The lowest BCUT2D eigenvalue weighted by Crippen LogP contribution is -2.42. The number of anilines is 2. The average Bonchev–Trinajstić information content (AvgIpc) is 2.44. The highest BCUT2D eigenvalue weighted by molar-refractivity contribution is 6.28. The Morgan fingerprint density at radius 3 is 1.39 bits per heavy atom. The van der Waals surface area contributed by atoms with Gasteiger partial charge in [0.15, 0.2) is 0 Å². The number of piperidine rings is 2. The maximum absolute atomic E-state index is 6.22. The first kappa shape index (κ1) is 16.7. The van der Waals surface area contributed by atoms with Crippen LogP contribution in [0, 0.1) is 23.7 Å². The number of nitrogens with zero attached hydrogens (tertiary/aromatic N) is 5. The second kappa shape index (κ2) is 6.80. The highest BCUT2D eigenvalue weighted by atomic mass is 35.5.